The molecule has 0 bridgehead atoms. The van der Waals surface area contributed by atoms with Gasteiger partial charge in [-0.2, -0.15) is 5.01 Å². The number of amides is 4. The van der Waals surface area contributed by atoms with E-state index in [-0.39, 0.29) is 5.56 Å². The normalized spacial score (nSPS) is 19.2. The molecule has 1 heterocycles. The molecule has 0 spiro atoms. The fourth-order valence-electron chi connectivity index (χ4n) is 2.55. The van der Waals surface area contributed by atoms with Gasteiger partial charge < -0.3 is 10.1 Å². The molecule has 3 rings (SSSR count). The molecule has 2 N–H and O–H groups in total. The zero-order chi connectivity index (χ0) is 18.7. The van der Waals surface area contributed by atoms with Gasteiger partial charge in [-0.1, -0.05) is 37.3 Å². The van der Waals surface area contributed by atoms with Crippen LogP contribution in [0.4, 0.5) is 4.79 Å². The number of rotatable bonds is 5. The van der Waals surface area contributed by atoms with Gasteiger partial charge in [0.2, 0.25) is 0 Å². The van der Waals surface area contributed by atoms with Gasteiger partial charge in [0.25, 0.3) is 11.8 Å². The van der Waals surface area contributed by atoms with E-state index in [1.165, 1.54) is 0 Å². The quantitative estimate of drug-likeness (QED) is 0.809. The second-order valence-electron chi connectivity index (χ2n) is 6.11. The first-order valence-corrected chi connectivity index (χ1v) is 8.24. The van der Waals surface area contributed by atoms with E-state index in [0.29, 0.717) is 22.9 Å². The third-order valence-electron chi connectivity index (χ3n) is 4.28. The monoisotopic (exact) mass is 353 g/mol. The Hall–Kier alpha value is -3.35. The van der Waals surface area contributed by atoms with E-state index in [1.807, 2.05) is 18.2 Å². The highest BCUT2D eigenvalue weighted by Gasteiger charge is 2.47. The molecule has 0 unspecified atom stereocenters. The number of benzene rings is 2. The zero-order valence-electron chi connectivity index (χ0n) is 14.5. The van der Waals surface area contributed by atoms with Crippen molar-refractivity contribution in [2.45, 2.75) is 25.8 Å². The highest BCUT2D eigenvalue weighted by atomic mass is 16.5. The van der Waals surface area contributed by atoms with Crippen LogP contribution in [0, 0.1) is 0 Å². The van der Waals surface area contributed by atoms with Crippen molar-refractivity contribution in [3.8, 4) is 11.5 Å². The minimum atomic E-state index is -1.02. The first-order chi connectivity index (χ1) is 12.4. The number of hydrogen-bond donors (Lipinski definition) is 2. The molecule has 134 valence electrons. The molecule has 1 atom stereocenters. The summed E-state index contributed by atoms with van der Waals surface area (Å²) < 4.78 is 5.75. The van der Waals surface area contributed by atoms with E-state index in [0.717, 1.165) is 0 Å². The van der Waals surface area contributed by atoms with Crippen molar-refractivity contribution in [2.75, 3.05) is 0 Å². The second kappa shape index (κ2) is 6.87. The fraction of sp³-hybridized carbons (Fsp3) is 0.211. The highest BCUT2D eigenvalue weighted by molar-refractivity contribution is 6.09. The summed E-state index contributed by atoms with van der Waals surface area (Å²) in [5.74, 6) is -0.219. The molecular weight excluding hydrogens is 334 g/mol. The van der Waals surface area contributed by atoms with Crippen LogP contribution in [0.1, 0.15) is 30.6 Å². The lowest BCUT2D eigenvalue weighted by molar-refractivity contribution is -0.132. The first kappa shape index (κ1) is 17.5. The summed E-state index contributed by atoms with van der Waals surface area (Å²) in [6.45, 7) is 3.40. The molecule has 1 saturated heterocycles. The Balaban J connectivity index is 1.81. The maximum atomic E-state index is 12.6. The van der Waals surface area contributed by atoms with Crippen LogP contribution in [0.25, 0.3) is 0 Å². The zero-order valence-corrected chi connectivity index (χ0v) is 14.5. The van der Waals surface area contributed by atoms with Gasteiger partial charge >= 0.3 is 6.03 Å². The third-order valence-corrected chi connectivity index (χ3v) is 4.28. The number of imide groups is 1. The molecule has 1 aliphatic heterocycles. The third kappa shape index (κ3) is 3.23. The maximum absolute atomic E-state index is 12.6. The van der Waals surface area contributed by atoms with Gasteiger partial charge in [-0.15, -0.1) is 0 Å². The Labute approximate surface area is 150 Å². The van der Waals surface area contributed by atoms with Gasteiger partial charge in [0.1, 0.15) is 17.0 Å². The van der Waals surface area contributed by atoms with Crippen molar-refractivity contribution >= 4 is 17.8 Å². The van der Waals surface area contributed by atoms with Crippen LogP contribution >= 0.6 is 0 Å². The Morgan fingerprint density at radius 2 is 1.77 bits per heavy atom. The summed E-state index contributed by atoms with van der Waals surface area (Å²) in [5.41, 5.74) is 1.55. The maximum Gasteiger partial charge on any atom is 0.344 e. The number of para-hydroxylation sites is 2. The molecule has 2 aromatic rings. The fourth-order valence-corrected chi connectivity index (χ4v) is 2.55. The molecule has 0 radical (unpaired) electrons. The molecule has 2 aromatic carbocycles. The van der Waals surface area contributed by atoms with E-state index >= 15 is 0 Å². The molecule has 0 saturated carbocycles. The number of carbonyl (C=O) groups excluding carboxylic acids is 3. The highest BCUT2D eigenvalue weighted by Crippen LogP contribution is 2.25. The summed E-state index contributed by atoms with van der Waals surface area (Å²) in [6.07, 6.45) is 0.414. The molecular formula is C19H19N3O4. The summed E-state index contributed by atoms with van der Waals surface area (Å²) in [4.78, 5) is 37.1. The van der Waals surface area contributed by atoms with E-state index < -0.39 is 23.4 Å². The van der Waals surface area contributed by atoms with Crippen LogP contribution in [0.2, 0.25) is 0 Å². The van der Waals surface area contributed by atoms with Crippen molar-refractivity contribution in [1.82, 2.24) is 15.8 Å². The molecule has 0 aliphatic carbocycles. The Bertz CT molecular complexity index is 853. The second-order valence-corrected chi connectivity index (χ2v) is 6.11. The average molecular weight is 353 g/mol. The van der Waals surface area contributed by atoms with E-state index in [4.69, 9.17) is 4.74 Å². The van der Waals surface area contributed by atoms with Crippen molar-refractivity contribution in [2.24, 2.45) is 0 Å². The largest absolute Gasteiger partial charge is 0.457 e. The van der Waals surface area contributed by atoms with Gasteiger partial charge in [0.15, 0.2) is 0 Å². The molecule has 1 aliphatic rings. The van der Waals surface area contributed by atoms with Gasteiger partial charge in [0.05, 0.1) is 5.56 Å². The van der Waals surface area contributed by atoms with E-state index in [1.54, 1.807) is 50.2 Å². The van der Waals surface area contributed by atoms with E-state index in [2.05, 4.69) is 10.7 Å². The number of nitrogens with zero attached hydrogens (tertiary/aromatic N) is 1. The molecule has 1 fully saturated rings. The van der Waals surface area contributed by atoms with Crippen molar-refractivity contribution in [3.05, 3.63) is 60.2 Å². The smallest absolute Gasteiger partial charge is 0.344 e. The Kier molecular flexibility index (Phi) is 4.62. The summed E-state index contributed by atoms with van der Waals surface area (Å²) in [5, 5.41) is 3.30. The summed E-state index contributed by atoms with van der Waals surface area (Å²) in [6, 6.07) is 15.0. The van der Waals surface area contributed by atoms with Crippen molar-refractivity contribution < 1.29 is 19.1 Å². The number of carbonyl (C=O) groups is 3. The van der Waals surface area contributed by atoms with Crippen LogP contribution in [-0.4, -0.2) is 28.4 Å². The number of nitrogens with one attached hydrogen (secondary N) is 2. The Morgan fingerprint density at radius 1 is 1.12 bits per heavy atom. The predicted octanol–water partition coefficient (Wildman–Crippen LogP) is 2.84. The number of hydrazine groups is 1. The lowest BCUT2D eigenvalue weighted by Crippen LogP contribution is -2.48. The van der Waals surface area contributed by atoms with Crippen LogP contribution in [0.3, 0.4) is 0 Å². The summed E-state index contributed by atoms with van der Waals surface area (Å²) in [7, 11) is 0. The van der Waals surface area contributed by atoms with Crippen molar-refractivity contribution in [1.29, 1.82) is 0 Å². The Morgan fingerprint density at radius 3 is 2.42 bits per heavy atom. The van der Waals surface area contributed by atoms with Gasteiger partial charge in [-0.05, 0) is 37.6 Å². The molecule has 4 amide bonds. The van der Waals surface area contributed by atoms with Crippen LogP contribution in [-0.2, 0) is 4.79 Å². The average Bonchev–Trinajstić information content (AvgIpc) is 2.86. The lowest BCUT2D eigenvalue weighted by atomic mass is 10.00. The van der Waals surface area contributed by atoms with Crippen LogP contribution < -0.4 is 15.5 Å². The van der Waals surface area contributed by atoms with Crippen LogP contribution in [0.5, 0.6) is 11.5 Å². The first-order valence-electron chi connectivity index (χ1n) is 8.24. The molecule has 26 heavy (non-hydrogen) atoms. The summed E-state index contributed by atoms with van der Waals surface area (Å²) >= 11 is 0. The van der Waals surface area contributed by atoms with Gasteiger partial charge in [-0.3, -0.25) is 15.0 Å². The lowest BCUT2D eigenvalue weighted by Gasteiger charge is -2.19. The molecule has 7 heteroatoms. The predicted molar refractivity (Wildman–Crippen MR) is 94.5 cm³/mol. The molecule has 7 nitrogen and oxygen atoms in total. The number of hydrogen-bond acceptors (Lipinski definition) is 4. The van der Waals surface area contributed by atoms with Crippen molar-refractivity contribution in [3.63, 3.8) is 0 Å². The van der Waals surface area contributed by atoms with Gasteiger partial charge in [-0.25, -0.2) is 4.79 Å². The van der Waals surface area contributed by atoms with Gasteiger partial charge in [0, 0.05) is 0 Å². The minimum Gasteiger partial charge on any atom is -0.457 e. The SMILES string of the molecule is CC[C@@]1(C)NC(=O)N(NC(=O)c2ccccc2Oc2ccccc2)C1=O. The number of urea groups is 1. The number of ether oxygens (including phenoxy) is 1. The standard InChI is InChI=1S/C19H19N3O4/c1-3-19(2)17(24)22(18(25)20-19)21-16(23)14-11-7-8-12-15(14)26-13-9-5-4-6-10-13/h4-12H,3H2,1-2H3,(H,20,25)(H,21,23)/t19-/m1/s1. The molecule has 0 aromatic heterocycles. The van der Waals surface area contributed by atoms with E-state index in [9.17, 15) is 14.4 Å². The minimum absolute atomic E-state index is 0.210. The topological polar surface area (TPSA) is 87.7 Å². The van der Waals surface area contributed by atoms with Crippen LogP contribution in [0.15, 0.2) is 54.6 Å².